The molecule has 2 amide bonds. The first kappa shape index (κ1) is 21.5. The number of piperazine rings is 1. The van der Waals surface area contributed by atoms with Gasteiger partial charge in [-0.25, -0.2) is 9.18 Å². The molecule has 1 aliphatic heterocycles. The van der Waals surface area contributed by atoms with Crippen LogP contribution in [0.2, 0.25) is 0 Å². The Labute approximate surface area is 174 Å². The van der Waals surface area contributed by atoms with E-state index in [1.54, 1.807) is 19.1 Å². The van der Waals surface area contributed by atoms with Crippen LogP contribution in [0.5, 0.6) is 0 Å². The summed E-state index contributed by atoms with van der Waals surface area (Å²) in [6, 6.07) is 9.35. The molecule has 30 heavy (non-hydrogen) atoms. The van der Waals surface area contributed by atoms with Gasteiger partial charge in [-0.2, -0.15) is 0 Å². The molecule has 2 aromatic carbocycles. The number of halogens is 1. The first-order valence-corrected chi connectivity index (χ1v) is 9.96. The molecule has 2 N–H and O–H groups in total. The Morgan fingerprint density at radius 2 is 1.93 bits per heavy atom. The van der Waals surface area contributed by atoms with Crippen LogP contribution in [0.3, 0.4) is 0 Å². The molecule has 1 aliphatic rings. The minimum absolute atomic E-state index is 0.112. The maximum absolute atomic E-state index is 14.0. The summed E-state index contributed by atoms with van der Waals surface area (Å²) in [7, 11) is 0. The Kier molecular flexibility index (Phi) is 6.83. The molecule has 0 unspecified atom stereocenters. The van der Waals surface area contributed by atoms with Gasteiger partial charge in [0.2, 0.25) is 0 Å². The summed E-state index contributed by atoms with van der Waals surface area (Å²) >= 11 is 0. The van der Waals surface area contributed by atoms with Gasteiger partial charge < -0.3 is 20.4 Å². The average Bonchev–Trinajstić information content (AvgIpc) is 2.73. The lowest BCUT2D eigenvalue weighted by Gasteiger charge is -2.37. The van der Waals surface area contributed by atoms with Crippen LogP contribution in [0, 0.1) is 15.9 Å². The molecule has 0 saturated carbocycles. The molecule has 0 aromatic heterocycles. The highest BCUT2D eigenvalue weighted by Gasteiger charge is 2.22. The number of non-ortho nitro benzene ring substituents is 1. The van der Waals surface area contributed by atoms with Crippen molar-refractivity contribution in [2.45, 2.75) is 19.9 Å². The Hall–Kier alpha value is -3.20. The van der Waals surface area contributed by atoms with Crippen molar-refractivity contribution < 1.29 is 14.1 Å². The number of carbonyl (C=O) groups excluding carboxylic acids is 1. The molecule has 0 aliphatic carbocycles. The van der Waals surface area contributed by atoms with Crippen molar-refractivity contribution in [1.29, 1.82) is 0 Å². The summed E-state index contributed by atoms with van der Waals surface area (Å²) in [4.78, 5) is 27.4. The Morgan fingerprint density at radius 3 is 2.60 bits per heavy atom. The van der Waals surface area contributed by atoms with Crippen LogP contribution in [-0.4, -0.2) is 48.6 Å². The molecule has 1 atom stereocenters. The third kappa shape index (κ3) is 5.24. The fourth-order valence-corrected chi connectivity index (χ4v) is 3.60. The normalized spacial score (nSPS) is 15.5. The number of nitro groups is 1. The van der Waals surface area contributed by atoms with Crippen LogP contribution >= 0.6 is 0 Å². The van der Waals surface area contributed by atoms with Gasteiger partial charge in [0.05, 0.1) is 11.0 Å². The lowest BCUT2D eigenvalue weighted by atomic mass is 10.0. The van der Waals surface area contributed by atoms with Gasteiger partial charge >= 0.3 is 6.03 Å². The highest BCUT2D eigenvalue weighted by atomic mass is 19.1. The Morgan fingerprint density at radius 1 is 1.20 bits per heavy atom. The number of rotatable bonds is 6. The predicted octanol–water partition coefficient (Wildman–Crippen LogP) is 3.76. The smallest absolute Gasteiger partial charge is 0.319 e. The molecule has 1 heterocycles. The minimum Gasteiger partial charge on any atom is -0.369 e. The van der Waals surface area contributed by atoms with E-state index < -0.39 is 17.0 Å². The number of nitrogens with zero attached hydrogens (tertiary/aromatic N) is 3. The fourth-order valence-electron chi connectivity index (χ4n) is 3.60. The number of benzene rings is 2. The van der Waals surface area contributed by atoms with E-state index in [2.05, 4.69) is 27.4 Å². The lowest BCUT2D eigenvalue weighted by molar-refractivity contribution is -0.384. The van der Waals surface area contributed by atoms with E-state index in [1.165, 1.54) is 30.3 Å². The summed E-state index contributed by atoms with van der Waals surface area (Å²) < 4.78 is 14.0. The van der Waals surface area contributed by atoms with E-state index in [-0.39, 0.29) is 11.5 Å². The number of amides is 2. The summed E-state index contributed by atoms with van der Waals surface area (Å²) in [5, 5.41) is 16.3. The molecule has 1 saturated heterocycles. The maximum Gasteiger partial charge on any atom is 0.319 e. The monoisotopic (exact) mass is 415 g/mol. The first-order chi connectivity index (χ1) is 14.4. The second-order valence-corrected chi connectivity index (χ2v) is 7.25. The summed E-state index contributed by atoms with van der Waals surface area (Å²) in [6.07, 6.45) is 0. The Bertz CT molecular complexity index is 915. The van der Waals surface area contributed by atoms with Gasteiger partial charge in [-0.1, -0.05) is 13.0 Å². The maximum atomic E-state index is 14.0. The topological polar surface area (TPSA) is 90.8 Å². The number of likely N-dealkylation sites (N-methyl/N-ethyl adjacent to an activating group) is 1. The van der Waals surface area contributed by atoms with Crippen LogP contribution in [0.15, 0.2) is 42.5 Å². The quantitative estimate of drug-likeness (QED) is 0.554. The molecular weight excluding hydrogens is 389 g/mol. The van der Waals surface area contributed by atoms with Crippen molar-refractivity contribution in [3.8, 4) is 0 Å². The SMILES string of the molecule is CCN1CCN(c2ccc(F)cc2[C@H](C)NC(=O)Nc2cccc([N+](=O)[O-])c2)CC1. The van der Waals surface area contributed by atoms with Gasteiger partial charge in [-0.15, -0.1) is 0 Å². The predicted molar refractivity (Wildman–Crippen MR) is 114 cm³/mol. The van der Waals surface area contributed by atoms with Gasteiger partial charge in [0.25, 0.3) is 5.69 Å². The van der Waals surface area contributed by atoms with Gasteiger partial charge in [-0.05, 0) is 37.7 Å². The van der Waals surface area contributed by atoms with Crippen LogP contribution < -0.4 is 15.5 Å². The van der Waals surface area contributed by atoms with E-state index in [4.69, 9.17) is 0 Å². The van der Waals surface area contributed by atoms with Crippen molar-refractivity contribution in [3.63, 3.8) is 0 Å². The van der Waals surface area contributed by atoms with Crippen LogP contribution in [0.4, 0.5) is 26.2 Å². The molecule has 0 radical (unpaired) electrons. The molecule has 0 spiro atoms. The van der Waals surface area contributed by atoms with Gasteiger partial charge in [0.15, 0.2) is 0 Å². The van der Waals surface area contributed by atoms with Crippen molar-refractivity contribution in [2.24, 2.45) is 0 Å². The van der Waals surface area contributed by atoms with Gasteiger partial charge in [-0.3, -0.25) is 10.1 Å². The van der Waals surface area contributed by atoms with Crippen LogP contribution in [0.1, 0.15) is 25.5 Å². The highest BCUT2D eigenvalue weighted by molar-refractivity contribution is 5.90. The van der Waals surface area contributed by atoms with Crippen molar-refractivity contribution in [2.75, 3.05) is 42.9 Å². The molecule has 9 heteroatoms. The van der Waals surface area contributed by atoms with E-state index >= 15 is 0 Å². The molecule has 0 bridgehead atoms. The lowest BCUT2D eigenvalue weighted by Crippen LogP contribution is -2.46. The average molecular weight is 415 g/mol. The van der Waals surface area contributed by atoms with Crippen LogP contribution in [0.25, 0.3) is 0 Å². The van der Waals surface area contributed by atoms with E-state index in [0.29, 0.717) is 11.3 Å². The standard InChI is InChI=1S/C21H26FN5O3/c1-3-25-9-11-26(12-10-25)20-8-7-16(22)13-19(20)15(2)23-21(28)24-17-5-4-6-18(14-17)27(29)30/h4-8,13-15H,3,9-12H2,1-2H3,(H2,23,24,28)/t15-/m0/s1. The minimum atomic E-state index is -0.525. The van der Waals surface area contributed by atoms with Crippen molar-refractivity contribution in [3.05, 3.63) is 64.0 Å². The number of hydrogen-bond donors (Lipinski definition) is 2. The van der Waals surface area contributed by atoms with Crippen molar-refractivity contribution >= 4 is 23.1 Å². The summed E-state index contributed by atoms with van der Waals surface area (Å²) in [5.74, 6) is -0.367. The summed E-state index contributed by atoms with van der Waals surface area (Å²) in [5.41, 5.74) is 1.79. The molecule has 3 rings (SSSR count). The fraction of sp³-hybridized carbons (Fsp3) is 0.381. The zero-order chi connectivity index (χ0) is 21.7. The number of hydrogen-bond acceptors (Lipinski definition) is 5. The van der Waals surface area contributed by atoms with Gasteiger partial charge in [0.1, 0.15) is 5.82 Å². The zero-order valence-electron chi connectivity index (χ0n) is 17.1. The second kappa shape index (κ2) is 9.53. The number of nitro benzene ring substituents is 1. The number of carbonyl (C=O) groups is 1. The number of nitrogens with one attached hydrogen (secondary N) is 2. The number of anilines is 2. The third-order valence-corrected chi connectivity index (χ3v) is 5.28. The largest absolute Gasteiger partial charge is 0.369 e. The number of urea groups is 1. The first-order valence-electron chi connectivity index (χ1n) is 9.96. The molecule has 8 nitrogen and oxygen atoms in total. The Balaban J connectivity index is 1.71. The third-order valence-electron chi connectivity index (χ3n) is 5.28. The van der Waals surface area contributed by atoms with E-state index in [1.807, 2.05) is 0 Å². The van der Waals surface area contributed by atoms with E-state index in [9.17, 15) is 19.3 Å². The molecule has 160 valence electrons. The second-order valence-electron chi connectivity index (χ2n) is 7.25. The molecular formula is C21H26FN5O3. The molecule has 2 aromatic rings. The highest BCUT2D eigenvalue weighted by Crippen LogP contribution is 2.28. The van der Waals surface area contributed by atoms with Crippen molar-refractivity contribution in [1.82, 2.24) is 10.2 Å². The zero-order valence-corrected chi connectivity index (χ0v) is 17.1. The molecule has 1 fully saturated rings. The van der Waals surface area contributed by atoms with Crippen LogP contribution in [-0.2, 0) is 0 Å². The van der Waals surface area contributed by atoms with E-state index in [0.717, 1.165) is 38.4 Å². The van der Waals surface area contributed by atoms with Gasteiger partial charge in [0, 0.05) is 55.2 Å². The summed E-state index contributed by atoms with van der Waals surface area (Å²) in [6.45, 7) is 8.45.